The van der Waals surface area contributed by atoms with Crippen molar-refractivity contribution in [2.24, 2.45) is 5.41 Å². The summed E-state index contributed by atoms with van der Waals surface area (Å²) in [6, 6.07) is 7.29. The summed E-state index contributed by atoms with van der Waals surface area (Å²) in [6.07, 6.45) is -0.489. The van der Waals surface area contributed by atoms with Crippen LogP contribution < -0.4 is 10.6 Å². The van der Waals surface area contributed by atoms with Crippen molar-refractivity contribution in [1.82, 2.24) is 0 Å². The number of hydrogen-bond acceptors (Lipinski definition) is 4. The van der Waals surface area contributed by atoms with E-state index in [4.69, 9.17) is 5.11 Å². The zero-order chi connectivity index (χ0) is 13.6. The van der Waals surface area contributed by atoms with Crippen molar-refractivity contribution in [2.75, 3.05) is 30.9 Å². The van der Waals surface area contributed by atoms with Gasteiger partial charge in [-0.1, -0.05) is 13.8 Å². The van der Waals surface area contributed by atoms with Crippen LogP contribution in [0, 0.1) is 5.41 Å². The van der Waals surface area contributed by atoms with E-state index in [0.717, 1.165) is 5.69 Å². The van der Waals surface area contributed by atoms with Crippen LogP contribution in [0.25, 0.3) is 0 Å². The number of rotatable bonds is 5. The van der Waals surface area contributed by atoms with Gasteiger partial charge in [0.2, 0.25) is 0 Å². The summed E-state index contributed by atoms with van der Waals surface area (Å²) in [7, 11) is 1.32. The van der Waals surface area contributed by atoms with Gasteiger partial charge in [0, 0.05) is 29.9 Å². The molecule has 0 heterocycles. The number of aliphatic hydroxyl groups excluding tert-OH is 1. The van der Waals surface area contributed by atoms with Gasteiger partial charge < -0.3 is 15.2 Å². The van der Waals surface area contributed by atoms with E-state index < -0.39 is 6.09 Å². The van der Waals surface area contributed by atoms with Gasteiger partial charge in [-0.25, -0.2) is 4.79 Å². The highest BCUT2D eigenvalue weighted by Gasteiger charge is 2.15. The molecule has 100 valence electrons. The fourth-order valence-corrected chi connectivity index (χ4v) is 1.24. The normalized spacial score (nSPS) is 10.9. The predicted molar refractivity (Wildman–Crippen MR) is 71.8 cm³/mol. The van der Waals surface area contributed by atoms with Crippen molar-refractivity contribution in [3.8, 4) is 0 Å². The minimum atomic E-state index is -0.489. The minimum Gasteiger partial charge on any atom is -0.453 e. The topological polar surface area (TPSA) is 70.6 Å². The molecule has 5 heteroatoms. The molecular formula is C13H20N2O3. The molecule has 1 aromatic rings. The Kier molecular flexibility index (Phi) is 4.97. The first-order valence-corrected chi connectivity index (χ1v) is 5.76. The summed E-state index contributed by atoms with van der Waals surface area (Å²) in [6.45, 7) is 4.76. The number of benzene rings is 1. The number of ether oxygens (including phenoxy) is 1. The fourth-order valence-electron chi connectivity index (χ4n) is 1.24. The summed E-state index contributed by atoms with van der Waals surface area (Å²) >= 11 is 0. The lowest BCUT2D eigenvalue weighted by atomic mass is 9.95. The van der Waals surface area contributed by atoms with Crippen LogP contribution in [0.2, 0.25) is 0 Å². The van der Waals surface area contributed by atoms with Gasteiger partial charge in [0.05, 0.1) is 7.11 Å². The van der Waals surface area contributed by atoms with Crippen molar-refractivity contribution >= 4 is 17.5 Å². The number of methoxy groups -OCH3 is 1. The maximum atomic E-state index is 11.0. The molecule has 1 aromatic carbocycles. The van der Waals surface area contributed by atoms with E-state index in [1.165, 1.54) is 7.11 Å². The van der Waals surface area contributed by atoms with E-state index in [0.29, 0.717) is 12.2 Å². The molecule has 3 N–H and O–H groups in total. The van der Waals surface area contributed by atoms with E-state index in [1.54, 1.807) is 12.1 Å². The first-order chi connectivity index (χ1) is 8.46. The Morgan fingerprint density at radius 1 is 1.28 bits per heavy atom. The molecule has 0 aliphatic heterocycles. The Bertz CT molecular complexity index is 388. The van der Waals surface area contributed by atoms with Gasteiger partial charge in [-0.15, -0.1) is 0 Å². The quantitative estimate of drug-likeness (QED) is 0.752. The SMILES string of the molecule is COC(=O)Nc1ccc(NCC(C)(C)CO)cc1. The maximum absolute atomic E-state index is 11.0. The van der Waals surface area contributed by atoms with E-state index >= 15 is 0 Å². The zero-order valence-corrected chi connectivity index (χ0v) is 11.0. The molecule has 1 rings (SSSR count). The van der Waals surface area contributed by atoms with Gasteiger partial charge >= 0.3 is 6.09 Å². The molecule has 0 bridgehead atoms. The third kappa shape index (κ3) is 4.63. The van der Waals surface area contributed by atoms with Gasteiger partial charge in [-0.05, 0) is 24.3 Å². The maximum Gasteiger partial charge on any atom is 0.411 e. The van der Waals surface area contributed by atoms with Crippen molar-refractivity contribution in [3.63, 3.8) is 0 Å². The Morgan fingerprint density at radius 2 is 1.83 bits per heavy atom. The molecule has 0 radical (unpaired) electrons. The van der Waals surface area contributed by atoms with Crippen LogP contribution in [0.4, 0.5) is 16.2 Å². The molecule has 0 atom stereocenters. The average molecular weight is 252 g/mol. The monoisotopic (exact) mass is 252 g/mol. The van der Waals surface area contributed by atoms with Crippen LogP contribution in [0.3, 0.4) is 0 Å². The summed E-state index contributed by atoms with van der Waals surface area (Å²) < 4.78 is 4.50. The molecule has 0 fully saturated rings. The van der Waals surface area contributed by atoms with Crippen molar-refractivity contribution in [1.29, 1.82) is 0 Å². The van der Waals surface area contributed by atoms with Crippen LogP contribution in [-0.4, -0.2) is 31.5 Å². The lowest BCUT2D eigenvalue weighted by molar-refractivity contribution is 0.171. The van der Waals surface area contributed by atoms with Crippen molar-refractivity contribution < 1.29 is 14.6 Å². The Balaban J connectivity index is 2.53. The first kappa shape index (κ1) is 14.3. The van der Waals surface area contributed by atoms with Gasteiger partial charge in [-0.3, -0.25) is 5.32 Å². The smallest absolute Gasteiger partial charge is 0.411 e. The third-order valence-corrected chi connectivity index (χ3v) is 2.52. The molecule has 0 spiro atoms. The van der Waals surface area contributed by atoms with Gasteiger partial charge in [0.1, 0.15) is 0 Å². The summed E-state index contributed by atoms with van der Waals surface area (Å²) in [4.78, 5) is 11.0. The second-order valence-electron chi connectivity index (χ2n) is 4.87. The van der Waals surface area contributed by atoms with Crippen LogP contribution in [0.15, 0.2) is 24.3 Å². The number of nitrogens with one attached hydrogen (secondary N) is 2. The fraction of sp³-hybridized carbons (Fsp3) is 0.462. The van der Waals surface area contributed by atoms with E-state index in [-0.39, 0.29) is 12.0 Å². The van der Waals surface area contributed by atoms with Crippen molar-refractivity contribution in [3.05, 3.63) is 24.3 Å². The number of anilines is 2. The van der Waals surface area contributed by atoms with E-state index in [9.17, 15) is 4.79 Å². The highest BCUT2D eigenvalue weighted by Crippen LogP contribution is 2.18. The second-order valence-corrected chi connectivity index (χ2v) is 4.87. The molecule has 18 heavy (non-hydrogen) atoms. The number of hydrogen-bond donors (Lipinski definition) is 3. The Morgan fingerprint density at radius 3 is 2.33 bits per heavy atom. The van der Waals surface area contributed by atoms with E-state index in [2.05, 4.69) is 15.4 Å². The molecule has 0 unspecified atom stereocenters. The van der Waals surface area contributed by atoms with Gasteiger partial charge in [0.25, 0.3) is 0 Å². The number of amides is 1. The molecule has 0 aliphatic carbocycles. The standard InChI is InChI=1S/C13H20N2O3/c1-13(2,9-16)8-14-10-4-6-11(7-5-10)15-12(17)18-3/h4-7,14,16H,8-9H2,1-3H3,(H,15,17). The number of carbonyl (C=O) groups excluding carboxylic acids is 1. The van der Waals surface area contributed by atoms with Crippen LogP contribution in [0.1, 0.15) is 13.8 Å². The molecule has 1 amide bonds. The minimum absolute atomic E-state index is 0.127. The Hall–Kier alpha value is -1.75. The predicted octanol–water partition coefficient (Wildman–Crippen LogP) is 2.30. The van der Waals surface area contributed by atoms with E-state index in [1.807, 2.05) is 26.0 Å². The molecular weight excluding hydrogens is 232 g/mol. The largest absolute Gasteiger partial charge is 0.453 e. The van der Waals surface area contributed by atoms with Gasteiger partial charge in [0.15, 0.2) is 0 Å². The van der Waals surface area contributed by atoms with Crippen LogP contribution in [0.5, 0.6) is 0 Å². The van der Waals surface area contributed by atoms with Crippen LogP contribution in [-0.2, 0) is 4.74 Å². The third-order valence-electron chi connectivity index (χ3n) is 2.52. The molecule has 0 saturated carbocycles. The van der Waals surface area contributed by atoms with Gasteiger partial charge in [-0.2, -0.15) is 0 Å². The molecule has 0 aromatic heterocycles. The molecule has 0 aliphatic rings. The first-order valence-electron chi connectivity index (χ1n) is 5.76. The zero-order valence-electron chi connectivity index (χ0n) is 11.0. The lowest BCUT2D eigenvalue weighted by Crippen LogP contribution is -2.26. The summed E-state index contributed by atoms with van der Waals surface area (Å²) in [5.41, 5.74) is 1.45. The average Bonchev–Trinajstić information content (AvgIpc) is 2.38. The molecule has 5 nitrogen and oxygen atoms in total. The van der Waals surface area contributed by atoms with Crippen molar-refractivity contribution in [2.45, 2.75) is 13.8 Å². The van der Waals surface area contributed by atoms with Crippen LogP contribution >= 0.6 is 0 Å². The Labute approximate surface area is 107 Å². The highest BCUT2D eigenvalue weighted by molar-refractivity contribution is 5.84. The second kappa shape index (κ2) is 6.26. The summed E-state index contributed by atoms with van der Waals surface area (Å²) in [5, 5.41) is 14.9. The highest BCUT2D eigenvalue weighted by atomic mass is 16.5. The number of carbonyl (C=O) groups is 1. The number of aliphatic hydroxyl groups is 1. The lowest BCUT2D eigenvalue weighted by Gasteiger charge is -2.22. The molecule has 0 saturated heterocycles. The summed E-state index contributed by atoms with van der Waals surface area (Å²) in [5.74, 6) is 0.